The minimum Gasteiger partial charge on any atom is -0.330 e. The first-order chi connectivity index (χ1) is 5.90. The molecule has 0 bridgehead atoms. The van der Waals surface area contributed by atoms with Gasteiger partial charge in [-0.15, -0.1) is 12.4 Å². The molecule has 0 spiro atoms. The molecule has 1 aromatic carbocycles. The first-order valence-corrected chi connectivity index (χ1v) is 4.65. The summed E-state index contributed by atoms with van der Waals surface area (Å²) in [6.07, 6.45) is 2.58. The summed E-state index contributed by atoms with van der Waals surface area (Å²) in [4.78, 5) is 0. The first-order valence-electron chi connectivity index (χ1n) is 4.65. The number of benzene rings is 1. The molecule has 1 aromatic rings. The molecule has 13 heavy (non-hydrogen) atoms. The molecule has 0 radical (unpaired) electrons. The van der Waals surface area contributed by atoms with Crippen molar-refractivity contribution >= 4 is 12.4 Å². The molecule has 0 aliphatic heterocycles. The second-order valence-electron chi connectivity index (χ2n) is 3.68. The van der Waals surface area contributed by atoms with Crippen LogP contribution in [0.1, 0.15) is 24.3 Å². The number of hydrogen-bond donors (Lipinski definition) is 1. The van der Waals surface area contributed by atoms with Crippen molar-refractivity contribution in [1.82, 2.24) is 0 Å². The number of rotatable bonds is 2. The number of nitrogens with two attached hydrogens (primary N) is 1. The van der Waals surface area contributed by atoms with Crippen LogP contribution in [-0.4, -0.2) is 6.54 Å². The van der Waals surface area contributed by atoms with E-state index < -0.39 is 0 Å². The van der Waals surface area contributed by atoms with Crippen LogP contribution in [0.3, 0.4) is 0 Å². The lowest BCUT2D eigenvalue weighted by Crippen LogP contribution is -2.28. The molecule has 0 atom stereocenters. The lowest BCUT2D eigenvalue weighted by Gasteiger charge is -2.34. The number of halogens is 1. The third-order valence-electron chi connectivity index (χ3n) is 2.84. The topological polar surface area (TPSA) is 26.0 Å². The summed E-state index contributed by atoms with van der Waals surface area (Å²) in [5.74, 6) is 1.58. The van der Waals surface area contributed by atoms with Gasteiger partial charge in [0.05, 0.1) is 0 Å². The molecule has 2 heteroatoms. The van der Waals surface area contributed by atoms with Crippen molar-refractivity contribution in [2.75, 3.05) is 6.54 Å². The van der Waals surface area contributed by atoms with Crippen molar-refractivity contribution in [3.05, 3.63) is 35.9 Å². The monoisotopic (exact) mass is 197 g/mol. The van der Waals surface area contributed by atoms with Gasteiger partial charge in [-0.1, -0.05) is 30.3 Å². The third-order valence-corrected chi connectivity index (χ3v) is 2.84. The molecular weight excluding hydrogens is 182 g/mol. The fraction of sp³-hybridized carbons (Fsp3) is 0.455. The highest BCUT2D eigenvalue weighted by atomic mass is 35.5. The molecule has 1 aliphatic carbocycles. The van der Waals surface area contributed by atoms with E-state index >= 15 is 0 Å². The Morgan fingerprint density at radius 3 is 2.31 bits per heavy atom. The second kappa shape index (κ2) is 4.64. The van der Waals surface area contributed by atoms with E-state index in [1.807, 2.05) is 0 Å². The summed E-state index contributed by atoms with van der Waals surface area (Å²) in [7, 11) is 0. The Bertz CT molecular complexity index is 242. The van der Waals surface area contributed by atoms with Crippen LogP contribution in [-0.2, 0) is 0 Å². The highest BCUT2D eigenvalue weighted by Crippen LogP contribution is 2.40. The number of hydrogen-bond acceptors (Lipinski definition) is 1. The summed E-state index contributed by atoms with van der Waals surface area (Å²) in [5.41, 5.74) is 7.06. The van der Waals surface area contributed by atoms with Gasteiger partial charge in [0.15, 0.2) is 0 Å². The normalized spacial score (nSPS) is 25.9. The molecule has 1 fully saturated rings. The molecule has 0 saturated heterocycles. The molecule has 2 rings (SSSR count). The standard InChI is InChI=1S/C11H15N.ClH/c12-8-9-6-11(7-9)10-4-2-1-3-5-10;/h1-5,9,11H,6-8,12H2;1H. The minimum absolute atomic E-state index is 0. The molecule has 0 heterocycles. The van der Waals surface area contributed by atoms with Crippen molar-refractivity contribution in [3.63, 3.8) is 0 Å². The first kappa shape index (κ1) is 10.6. The van der Waals surface area contributed by atoms with Gasteiger partial charge in [-0.3, -0.25) is 0 Å². The van der Waals surface area contributed by atoms with Gasteiger partial charge in [0.2, 0.25) is 0 Å². The maximum Gasteiger partial charge on any atom is -0.00484 e. The molecule has 1 nitrogen and oxygen atoms in total. The average molecular weight is 198 g/mol. The summed E-state index contributed by atoms with van der Waals surface area (Å²) in [6.45, 7) is 0.864. The van der Waals surface area contributed by atoms with Crippen LogP contribution in [0, 0.1) is 5.92 Å². The summed E-state index contributed by atoms with van der Waals surface area (Å²) in [6, 6.07) is 10.7. The van der Waals surface area contributed by atoms with Gasteiger partial charge in [0, 0.05) is 0 Å². The predicted molar refractivity (Wildman–Crippen MR) is 58.2 cm³/mol. The van der Waals surface area contributed by atoms with E-state index in [-0.39, 0.29) is 12.4 Å². The Morgan fingerprint density at radius 2 is 1.77 bits per heavy atom. The zero-order valence-corrected chi connectivity index (χ0v) is 8.46. The molecule has 72 valence electrons. The average Bonchev–Trinajstić information content (AvgIpc) is 2.04. The van der Waals surface area contributed by atoms with E-state index in [2.05, 4.69) is 30.3 Å². The van der Waals surface area contributed by atoms with Crippen LogP contribution < -0.4 is 5.73 Å². The Morgan fingerprint density at radius 1 is 1.15 bits per heavy atom. The lowest BCUT2D eigenvalue weighted by molar-refractivity contribution is 0.272. The zero-order chi connectivity index (χ0) is 8.39. The molecular formula is C11H16ClN. The Balaban J connectivity index is 0.000000845. The van der Waals surface area contributed by atoms with Crippen molar-refractivity contribution < 1.29 is 0 Å². The molecule has 2 N–H and O–H groups in total. The van der Waals surface area contributed by atoms with Crippen LogP contribution >= 0.6 is 12.4 Å². The van der Waals surface area contributed by atoms with Crippen LogP contribution in [0.2, 0.25) is 0 Å². The van der Waals surface area contributed by atoms with Gasteiger partial charge >= 0.3 is 0 Å². The highest BCUT2D eigenvalue weighted by molar-refractivity contribution is 5.85. The molecule has 1 saturated carbocycles. The molecule has 0 unspecified atom stereocenters. The molecule has 0 amide bonds. The van der Waals surface area contributed by atoms with Crippen LogP contribution in [0.4, 0.5) is 0 Å². The predicted octanol–water partition coefficient (Wildman–Crippen LogP) is 2.56. The van der Waals surface area contributed by atoms with Crippen LogP contribution in [0.25, 0.3) is 0 Å². The van der Waals surface area contributed by atoms with Gasteiger partial charge in [-0.2, -0.15) is 0 Å². The van der Waals surface area contributed by atoms with E-state index in [4.69, 9.17) is 5.73 Å². The molecule has 1 aliphatic rings. The molecule has 0 aromatic heterocycles. The Labute approximate surface area is 85.7 Å². The summed E-state index contributed by atoms with van der Waals surface area (Å²) in [5, 5.41) is 0. The Kier molecular flexibility index (Phi) is 3.76. The quantitative estimate of drug-likeness (QED) is 0.775. The SMILES string of the molecule is Cl.NCC1CC(c2ccccc2)C1. The Hall–Kier alpha value is -0.530. The van der Waals surface area contributed by atoms with Gasteiger partial charge in [-0.05, 0) is 36.8 Å². The fourth-order valence-electron chi connectivity index (χ4n) is 1.93. The zero-order valence-electron chi connectivity index (χ0n) is 7.65. The van der Waals surface area contributed by atoms with Crippen molar-refractivity contribution in [2.24, 2.45) is 11.7 Å². The van der Waals surface area contributed by atoms with E-state index in [0.717, 1.165) is 18.4 Å². The van der Waals surface area contributed by atoms with E-state index in [1.54, 1.807) is 0 Å². The maximum absolute atomic E-state index is 5.57. The third kappa shape index (κ3) is 2.23. The highest BCUT2D eigenvalue weighted by Gasteiger charge is 2.28. The van der Waals surface area contributed by atoms with Gasteiger partial charge in [0.25, 0.3) is 0 Å². The van der Waals surface area contributed by atoms with Crippen LogP contribution in [0.15, 0.2) is 30.3 Å². The fourth-order valence-corrected chi connectivity index (χ4v) is 1.93. The van der Waals surface area contributed by atoms with Gasteiger partial charge in [0.1, 0.15) is 0 Å². The largest absolute Gasteiger partial charge is 0.330 e. The minimum atomic E-state index is 0. The van der Waals surface area contributed by atoms with Gasteiger partial charge in [-0.25, -0.2) is 0 Å². The maximum atomic E-state index is 5.57. The van der Waals surface area contributed by atoms with E-state index in [9.17, 15) is 0 Å². The van der Waals surface area contributed by atoms with Crippen molar-refractivity contribution in [3.8, 4) is 0 Å². The van der Waals surface area contributed by atoms with E-state index in [0.29, 0.717) is 0 Å². The van der Waals surface area contributed by atoms with Crippen molar-refractivity contribution in [2.45, 2.75) is 18.8 Å². The summed E-state index contributed by atoms with van der Waals surface area (Å²) < 4.78 is 0. The smallest absolute Gasteiger partial charge is 0.00484 e. The van der Waals surface area contributed by atoms with E-state index in [1.165, 1.54) is 18.4 Å². The van der Waals surface area contributed by atoms with Crippen molar-refractivity contribution in [1.29, 1.82) is 0 Å². The summed E-state index contributed by atoms with van der Waals surface area (Å²) >= 11 is 0. The van der Waals surface area contributed by atoms with Gasteiger partial charge < -0.3 is 5.73 Å². The lowest BCUT2D eigenvalue weighted by atomic mass is 9.71. The van der Waals surface area contributed by atoms with Crippen LogP contribution in [0.5, 0.6) is 0 Å². The second-order valence-corrected chi connectivity index (χ2v) is 3.68.